The molecule has 2 heterocycles. The SMILES string of the molecule is N[C@@H]1C(=O)N2C(C(=O)OC(c3ccccc3)c3ccccc3)=C(COC(=O)c3ccccc3)CS[C@@H]12. The Bertz CT molecular complexity index is 1260. The van der Waals surface area contributed by atoms with Crippen molar-refractivity contribution in [1.82, 2.24) is 4.90 Å². The molecule has 2 aliphatic heterocycles. The zero-order valence-corrected chi connectivity index (χ0v) is 20.1. The van der Waals surface area contributed by atoms with Gasteiger partial charge < -0.3 is 15.2 Å². The van der Waals surface area contributed by atoms with E-state index in [9.17, 15) is 14.4 Å². The second kappa shape index (κ2) is 10.4. The molecule has 1 saturated heterocycles. The predicted molar refractivity (Wildman–Crippen MR) is 136 cm³/mol. The van der Waals surface area contributed by atoms with Crippen LogP contribution in [0.25, 0.3) is 0 Å². The van der Waals surface area contributed by atoms with Crippen molar-refractivity contribution in [3.8, 4) is 0 Å². The first-order valence-corrected chi connectivity index (χ1v) is 12.5. The summed E-state index contributed by atoms with van der Waals surface area (Å²) in [5.74, 6) is -1.15. The van der Waals surface area contributed by atoms with Gasteiger partial charge in [-0.15, -0.1) is 11.8 Å². The summed E-state index contributed by atoms with van der Waals surface area (Å²) in [5.41, 5.74) is 8.59. The summed E-state index contributed by atoms with van der Waals surface area (Å²) in [7, 11) is 0. The summed E-state index contributed by atoms with van der Waals surface area (Å²) in [6.07, 6.45) is -0.682. The van der Waals surface area contributed by atoms with Crippen LogP contribution in [0.5, 0.6) is 0 Å². The molecule has 5 rings (SSSR count). The molecule has 0 aliphatic carbocycles. The minimum atomic E-state index is -0.690. The number of amides is 1. The van der Waals surface area contributed by atoms with Gasteiger partial charge in [-0.1, -0.05) is 78.9 Å². The highest BCUT2D eigenvalue weighted by Gasteiger charge is 2.52. The minimum absolute atomic E-state index is 0.100. The zero-order chi connectivity index (χ0) is 25.1. The highest BCUT2D eigenvalue weighted by atomic mass is 32.2. The summed E-state index contributed by atoms with van der Waals surface area (Å²) in [4.78, 5) is 40.2. The van der Waals surface area contributed by atoms with Gasteiger partial charge in [0.05, 0.1) is 5.56 Å². The third-order valence-corrected chi connectivity index (χ3v) is 7.46. The first-order valence-electron chi connectivity index (χ1n) is 11.5. The van der Waals surface area contributed by atoms with Crippen molar-refractivity contribution in [1.29, 1.82) is 0 Å². The molecule has 2 aliphatic rings. The lowest BCUT2D eigenvalue weighted by atomic mass is 10.0. The molecule has 8 heteroatoms. The Labute approximate surface area is 212 Å². The number of β-lactam (4-membered cyclic amide) rings is 1. The van der Waals surface area contributed by atoms with Gasteiger partial charge in [0.15, 0.2) is 6.10 Å². The molecular weight excluding hydrogens is 476 g/mol. The van der Waals surface area contributed by atoms with E-state index in [-0.39, 0.29) is 23.6 Å². The van der Waals surface area contributed by atoms with Gasteiger partial charge in [0.1, 0.15) is 23.7 Å². The molecule has 0 saturated carbocycles. The summed E-state index contributed by atoms with van der Waals surface area (Å²) >= 11 is 1.44. The molecule has 182 valence electrons. The van der Waals surface area contributed by atoms with E-state index in [4.69, 9.17) is 15.2 Å². The molecule has 0 aromatic heterocycles. The van der Waals surface area contributed by atoms with E-state index < -0.39 is 24.1 Å². The van der Waals surface area contributed by atoms with Crippen LogP contribution in [-0.4, -0.2) is 46.5 Å². The maximum atomic E-state index is 13.7. The Balaban J connectivity index is 1.45. The average molecular weight is 501 g/mol. The molecule has 0 bridgehead atoms. The van der Waals surface area contributed by atoms with E-state index in [0.717, 1.165) is 11.1 Å². The molecule has 36 heavy (non-hydrogen) atoms. The zero-order valence-electron chi connectivity index (χ0n) is 19.3. The number of fused-ring (bicyclic) bond motifs is 1. The van der Waals surface area contributed by atoms with Gasteiger partial charge in [0.2, 0.25) is 5.91 Å². The molecule has 0 spiro atoms. The van der Waals surface area contributed by atoms with Crippen LogP contribution in [-0.2, 0) is 19.1 Å². The quantitative estimate of drug-likeness (QED) is 0.390. The van der Waals surface area contributed by atoms with Gasteiger partial charge in [0.25, 0.3) is 0 Å². The highest BCUT2D eigenvalue weighted by Crippen LogP contribution is 2.41. The number of carbonyl (C=O) groups excluding carboxylic acids is 3. The number of nitrogens with two attached hydrogens (primary N) is 1. The number of hydrogen-bond acceptors (Lipinski definition) is 7. The Kier molecular flexibility index (Phi) is 6.88. The number of rotatable bonds is 7. The molecule has 1 fully saturated rings. The first-order chi connectivity index (χ1) is 17.5. The molecule has 0 radical (unpaired) electrons. The standard InChI is InChI=1S/C28H24N2O5S/c29-22-25(31)30-23(21(17-36-26(22)30)16-34-27(32)20-14-8-3-9-15-20)28(33)35-24(18-10-4-1-5-11-18)19-12-6-2-7-13-19/h1-15,22,24,26H,16-17,29H2/t22-,26+/m1/s1. The molecule has 3 aromatic carbocycles. The number of ether oxygens (including phenoxy) is 2. The molecule has 3 aromatic rings. The van der Waals surface area contributed by atoms with Crippen molar-refractivity contribution < 1.29 is 23.9 Å². The van der Waals surface area contributed by atoms with Gasteiger partial charge in [-0.2, -0.15) is 0 Å². The van der Waals surface area contributed by atoms with Crippen LogP contribution in [0.2, 0.25) is 0 Å². The average Bonchev–Trinajstić information content (AvgIpc) is 2.94. The van der Waals surface area contributed by atoms with E-state index in [1.54, 1.807) is 30.3 Å². The first kappa shape index (κ1) is 23.8. The van der Waals surface area contributed by atoms with Gasteiger partial charge >= 0.3 is 11.9 Å². The molecule has 2 N–H and O–H groups in total. The monoisotopic (exact) mass is 500 g/mol. The van der Waals surface area contributed by atoms with Crippen molar-refractivity contribution >= 4 is 29.6 Å². The summed E-state index contributed by atoms with van der Waals surface area (Å²) in [5, 5.41) is -0.361. The maximum absolute atomic E-state index is 13.7. The summed E-state index contributed by atoms with van der Waals surface area (Å²) in [6.45, 7) is -0.141. The van der Waals surface area contributed by atoms with E-state index in [1.165, 1.54) is 16.7 Å². The van der Waals surface area contributed by atoms with Crippen molar-refractivity contribution in [2.45, 2.75) is 17.5 Å². The van der Waals surface area contributed by atoms with Gasteiger partial charge in [0, 0.05) is 11.3 Å². The number of hydrogen-bond donors (Lipinski definition) is 1. The van der Waals surface area contributed by atoms with Crippen LogP contribution >= 0.6 is 11.8 Å². The number of carbonyl (C=O) groups is 3. The molecule has 2 atom stereocenters. The van der Waals surface area contributed by atoms with Gasteiger partial charge in [-0.25, -0.2) is 9.59 Å². The second-order valence-electron chi connectivity index (χ2n) is 8.44. The van der Waals surface area contributed by atoms with Crippen LogP contribution in [0.3, 0.4) is 0 Å². The smallest absolute Gasteiger partial charge is 0.356 e. The number of thioether (sulfide) groups is 1. The predicted octanol–water partition coefficient (Wildman–Crippen LogP) is 3.67. The topological polar surface area (TPSA) is 98.9 Å². The van der Waals surface area contributed by atoms with Crippen LogP contribution < -0.4 is 5.73 Å². The van der Waals surface area contributed by atoms with Crippen molar-refractivity contribution in [3.63, 3.8) is 0 Å². The summed E-state index contributed by atoms with van der Waals surface area (Å²) in [6, 6.07) is 26.7. The lowest BCUT2D eigenvalue weighted by Gasteiger charge is -2.48. The minimum Gasteiger partial charge on any atom is -0.457 e. The lowest BCUT2D eigenvalue weighted by molar-refractivity contribution is -0.153. The molecule has 0 unspecified atom stereocenters. The number of esters is 2. The Hall–Kier alpha value is -3.88. The number of benzene rings is 3. The maximum Gasteiger partial charge on any atom is 0.356 e. The van der Waals surface area contributed by atoms with Crippen LogP contribution in [0.1, 0.15) is 27.6 Å². The second-order valence-corrected chi connectivity index (χ2v) is 9.54. The van der Waals surface area contributed by atoms with E-state index in [1.807, 2.05) is 60.7 Å². The lowest BCUT2D eigenvalue weighted by Crippen LogP contribution is -2.68. The van der Waals surface area contributed by atoms with Crippen LogP contribution in [0.15, 0.2) is 102 Å². The fraction of sp³-hybridized carbons (Fsp3) is 0.179. The van der Waals surface area contributed by atoms with E-state index in [2.05, 4.69) is 0 Å². The normalized spacial score (nSPS) is 18.9. The van der Waals surface area contributed by atoms with E-state index >= 15 is 0 Å². The van der Waals surface area contributed by atoms with Gasteiger partial charge in [-0.3, -0.25) is 9.69 Å². The van der Waals surface area contributed by atoms with Crippen LogP contribution in [0, 0.1) is 0 Å². The highest BCUT2D eigenvalue weighted by molar-refractivity contribution is 8.00. The Morgan fingerprint density at radius 2 is 1.44 bits per heavy atom. The molecule has 7 nitrogen and oxygen atoms in total. The van der Waals surface area contributed by atoms with Crippen LogP contribution in [0.4, 0.5) is 0 Å². The van der Waals surface area contributed by atoms with E-state index in [0.29, 0.717) is 16.9 Å². The third-order valence-electron chi connectivity index (χ3n) is 6.10. The van der Waals surface area contributed by atoms with Crippen molar-refractivity contribution in [2.24, 2.45) is 5.73 Å². The Morgan fingerprint density at radius 3 is 2.03 bits per heavy atom. The third kappa shape index (κ3) is 4.65. The van der Waals surface area contributed by atoms with Gasteiger partial charge in [-0.05, 0) is 23.3 Å². The van der Waals surface area contributed by atoms with Crippen molar-refractivity contribution in [3.05, 3.63) is 119 Å². The number of nitrogens with zero attached hydrogens (tertiary/aromatic N) is 1. The largest absolute Gasteiger partial charge is 0.457 e. The van der Waals surface area contributed by atoms with Crippen molar-refractivity contribution in [2.75, 3.05) is 12.4 Å². The Morgan fingerprint density at radius 1 is 0.889 bits per heavy atom. The summed E-state index contributed by atoms with van der Waals surface area (Å²) < 4.78 is 11.5. The molecule has 1 amide bonds. The fourth-order valence-corrected chi connectivity index (χ4v) is 5.51. The fourth-order valence-electron chi connectivity index (χ4n) is 4.24. The molecular formula is C28H24N2O5S.